The molecule has 1 aromatic carbocycles. The molecular weight excluding hydrogens is 374 g/mol. The molecule has 3 heterocycles. The van der Waals surface area contributed by atoms with Gasteiger partial charge >= 0.3 is 0 Å². The Morgan fingerprint density at radius 1 is 1.07 bits per heavy atom. The van der Waals surface area contributed by atoms with Gasteiger partial charge in [-0.3, -0.25) is 4.79 Å². The fourth-order valence-corrected chi connectivity index (χ4v) is 5.98. The summed E-state index contributed by atoms with van der Waals surface area (Å²) in [6.07, 6.45) is 5.51. The second kappa shape index (κ2) is 7.52. The maximum Gasteiger partial charge on any atom is 0.243 e. The molecule has 1 amide bonds. The molecular formula is C21H29N3O3S. The predicted octanol–water partition coefficient (Wildman–Crippen LogP) is 2.84. The number of aryl methyl sites for hydroxylation is 1. The molecule has 2 fully saturated rings. The number of aromatic nitrogens is 1. The molecule has 1 aromatic heterocycles. The molecule has 2 saturated heterocycles. The summed E-state index contributed by atoms with van der Waals surface area (Å²) in [7, 11) is -1.65. The van der Waals surface area contributed by atoms with E-state index >= 15 is 0 Å². The minimum Gasteiger partial charge on any atom is -0.351 e. The summed E-state index contributed by atoms with van der Waals surface area (Å²) < 4.78 is 29.9. The Balaban J connectivity index is 1.51. The van der Waals surface area contributed by atoms with Gasteiger partial charge in [-0.05, 0) is 55.9 Å². The van der Waals surface area contributed by atoms with Crippen molar-refractivity contribution < 1.29 is 13.2 Å². The summed E-state index contributed by atoms with van der Waals surface area (Å²) in [5, 5.41) is 0.913. The van der Waals surface area contributed by atoms with Gasteiger partial charge in [-0.2, -0.15) is 4.31 Å². The van der Waals surface area contributed by atoms with Crippen LogP contribution < -0.4 is 0 Å². The lowest BCUT2D eigenvalue weighted by molar-refractivity contribution is -0.138. The molecule has 4 rings (SSSR count). The number of sulfonamides is 1. The fourth-order valence-electron chi connectivity index (χ4n) is 4.42. The Labute approximate surface area is 167 Å². The first-order valence-corrected chi connectivity index (χ1v) is 11.6. The van der Waals surface area contributed by atoms with Crippen LogP contribution in [0.4, 0.5) is 0 Å². The lowest BCUT2D eigenvalue weighted by Gasteiger charge is -2.36. The predicted molar refractivity (Wildman–Crippen MR) is 109 cm³/mol. The smallest absolute Gasteiger partial charge is 0.243 e. The number of fused-ring (bicyclic) bond motifs is 1. The number of carbonyl (C=O) groups is 1. The van der Waals surface area contributed by atoms with Crippen molar-refractivity contribution in [3.8, 4) is 0 Å². The highest BCUT2D eigenvalue weighted by Gasteiger charge is 2.35. The van der Waals surface area contributed by atoms with E-state index in [1.807, 2.05) is 34.8 Å². The molecule has 0 spiro atoms. The third kappa shape index (κ3) is 3.57. The van der Waals surface area contributed by atoms with Gasteiger partial charge < -0.3 is 9.47 Å². The van der Waals surface area contributed by atoms with E-state index in [2.05, 4.69) is 6.92 Å². The maximum atomic E-state index is 13.2. The van der Waals surface area contributed by atoms with Crippen molar-refractivity contribution in [2.24, 2.45) is 18.9 Å². The molecule has 2 aromatic rings. The van der Waals surface area contributed by atoms with Crippen LogP contribution in [0.25, 0.3) is 10.9 Å². The zero-order valence-electron chi connectivity index (χ0n) is 16.7. The Hall–Kier alpha value is -1.86. The van der Waals surface area contributed by atoms with E-state index in [1.54, 1.807) is 12.1 Å². The van der Waals surface area contributed by atoms with Crippen molar-refractivity contribution in [1.29, 1.82) is 0 Å². The second-order valence-corrected chi connectivity index (χ2v) is 10.3. The van der Waals surface area contributed by atoms with Gasteiger partial charge in [0.15, 0.2) is 0 Å². The lowest BCUT2D eigenvalue weighted by atomic mass is 9.94. The number of hydrogen-bond acceptors (Lipinski definition) is 3. The molecule has 0 radical (unpaired) electrons. The summed E-state index contributed by atoms with van der Waals surface area (Å²) in [6, 6.07) is 7.19. The van der Waals surface area contributed by atoms with Crippen LogP contribution in [0.15, 0.2) is 35.4 Å². The van der Waals surface area contributed by atoms with E-state index in [4.69, 9.17) is 0 Å². The maximum absolute atomic E-state index is 13.2. The number of likely N-dealkylation sites (tertiary alicyclic amines) is 1. The number of rotatable bonds is 3. The molecule has 0 bridgehead atoms. The molecule has 0 N–H and O–H groups in total. The zero-order valence-corrected chi connectivity index (χ0v) is 17.5. The quantitative estimate of drug-likeness (QED) is 0.792. The van der Waals surface area contributed by atoms with Crippen molar-refractivity contribution in [1.82, 2.24) is 13.8 Å². The van der Waals surface area contributed by atoms with Crippen LogP contribution in [-0.4, -0.2) is 54.3 Å². The first kappa shape index (κ1) is 19.5. The molecule has 0 saturated carbocycles. The van der Waals surface area contributed by atoms with Crippen LogP contribution in [0.2, 0.25) is 0 Å². The third-order valence-corrected chi connectivity index (χ3v) is 8.18. The summed E-state index contributed by atoms with van der Waals surface area (Å²) >= 11 is 0. The Kier molecular flexibility index (Phi) is 5.22. The molecule has 1 atom stereocenters. The minimum atomic E-state index is -3.60. The van der Waals surface area contributed by atoms with E-state index in [0.717, 1.165) is 49.7 Å². The third-order valence-electron chi connectivity index (χ3n) is 6.32. The average molecular weight is 404 g/mol. The molecule has 28 heavy (non-hydrogen) atoms. The molecule has 152 valence electrons. The molecule has 6 nitrogen and oxygen atoms in total. The molecule has 2 aliphatic rings. The van der Waals surface area contributed by atoms with Gasteiger partial charge in [0.25, 0.3) is 0 Å². The largest absolute Gasteiger partial charge is 0.351 e. The number of benzene rings is 1. The monoisotopic (exact) mass is 403 g/mol. The normalized spacial score (nSPS) is 22.6. The molecule has 2 aliphatic heterocycles. The highest BCUT2D eigenvalue weighted by molar-refractivity contribution is 7.89. The van der Waals surface area contributed by atoms with Crippen LogP contribution in [0, 0.1) is 11.8 Å². The van der Waals surface area contributed by atoms with Crippen LogP contribution >= 0.6 is 0 Å². The summed E-state index contributed by atoms with van der Waals surface area (Å²) in [6.45, 7) is 4.60. The van der Waals surface area contributed by atoms with Crippen LogP contribution in [-0.2, 0) is 21.9 Å². The highest BCUT2D eigenvalue weighted by Crippen LogP contribution is 2.28. The van der Waals surface area contributed by atoms with Gasteiger partial charge in [0, 0.05) is 50.3 Å². The second-order valence-electron chi connectivity index (χ2n) is 8.36. The summed E-state index contributed by atoms with van der Waals surface area (Å²) in [5.74, 6) is 0.572. The number of nitrogens with zero attached hydrogens (tertiary/aromatic N) is 3. The minimum absolute atomic E-state index is 0.130. The van der Waals surface area contributed by atoms with Gasteiger partial charge in [0.2, 0.25) is 15.9 Å². The molecule has 0 aliphatic carbocycles. The Bertz CT molecular complexity index is 974. The van der Waals surface area contributed by atoms with Crippen molar-refractivity contribution >= 4 is 26.8 Å². The van der Waals surface area contributed by atoms with Crippen molar-refractivity contribution in [3.63, 3.8) is 0 Å². The SMILES string of the molecule is CC1CCN(C(=O)C2CCCN(S(=O)(=O)c3ccc4c(ccn4C)c3)C2)CC1. The number of amides is 1. The van der Waals surface area contributed by atoms with Gasteiger partial charge in [-0.1, -0.05) is 6.92 Å². The Morgan fingerprint density at radius 3 is 2.57 bits per heavy atom. The van der Waals surface area contributed by atoms with E-state index < -0.39 is 10.0 Å². The molecule has 7 heteroatoms. The van der Waals surface area contributed by atoms with E-state index in [-0.39, 0.29) is 11.8 Å². The van der Waals surface area contributed by atoms with Crippen molar-refractivity contribution in [2.75, 3.05) is 26.2 Å². The van der Waals surface area contributed by atoms with E-state index in [9.17, 15) is 13.2 Å². The van der Waals surface area contributed by atoms with Gasteiger partial charge in [-0.25, -0.2) is 8.42 Å². The summed E-state index contributed by atoms with van der Waals surface area (Å²) in [5.41, 5.74) is 1.00. The van der Waals surface area contributed by atoms with E-state index in [1.165, 1.54) is 4.31 Å². The fraction of sp³-hybridized carbons (Fsp3) is 0.571. The Morgan fingerprint density at radius 2 is 1.82 bits per heavy atom. The van der Waals surface area contributed by atoms with Crippen LogP contribution in [0.3, 0.4) is 0 Å². The number of piperidine rings is 2. The number of carbonyl (C=O) groups excluding carboxylic acids is 1. The topological polar surface area (TPSA) is 62.6 Å². The summed E-state index contributed by atoms with van der Waals surface area (Å²) in [4.78, 5) is 15.2. The molecule has 1 unspecified atom stereocenters. The number of hydrogen-bond donors (Lipinski definition) is 0. The zero-order chi connectivity index (χ0) is 19.9. The van der Waals surface area contributed by atoms with Crippen molar-refractivity contribution in [2.45, 2.75) is 37.5 Å². The first-order chi connectivity index (χ1) is 13.4. The van der Waals surface area contributed by atoms with Crippen LogP contribution in [0.1, 0.15) is 32.6 Å². The van der Waals surface area contributed by atoms with E-state index in [0.29, 0.717) is 23.9 Å². The van der Waals surface area contributed by atoms with Gasteiger partial charge in [-0.15, -0.1) is 0 Å². The van der Waals surface area contributed by atoms with Gasteiger partial charge in [0.1, 0.15) is 0 Å². The van der Waals surface area contributed by atoms with Crippen LogP contribution in [0.5, 0.6) is 0 Å². The van der Waals surface area contributed by atoms with Gasteiger partial charge in [0.05, 0.1) is 10.8 Å². The first-order valence-electron chi connectivity index (χ1n) is 10.2. The average Bonchev–Trinajstić information content (AvgIpc) is 3.08. The van der Waals surface area contributed by atoms with Crippen molar-refractivity contribution in [3.05, 3.63) is 30.5 Å². The highest BCUT2D eigenvalue weighted by atomic mass is 32.2. The lowest BCUT2D eigenvalue weighted by Crippen LogP contribution is -2.48. The standard InChI is InChI=1S/C21H29N3O3S/c1-16-7-12-23(13-8-16)21(25)18-4-3-10-24(15-18)28(26,27)19-5-6-20-17(14-19)9-11-22(20)2/h5-6,9,11,14,16,18H,3-4,7-8,10,12-13,15H2,1-2H3.